The zero-order valence-corrected chi connectivity index (χ0v) is 7.40. The molecule has 0 unspecified atom stereocenters. The van der Waals surface area contributed by atoms with E-state index in [0.717, 1.165) is 5.57 Å². The predicted molar refractivity (Wildman–Crippen MR) is 50.8 cm³/mol. The molecule has 0 saturated carbocycles. The van der Waals surface area contributed by atoms with Gasteiger partial charge in [0.2, 0.25) is 0 Å². The molecule has 0 radical (unpaired) electrons. The summed E-state index contributed by atoms with van der Waals surface area (Å²) in [6.45, 7) is 11.9. The van der Waals surface area contributed by atoms with Crippen molar-refractivity contribution in [1.82, 2.24) is 0 Å². The van der Waals surface area contributed by atoms with Crippen LogP contribution >= 0.6 is 12.6 Å². The van der Waals surface area contributed by atoms with Crippen molar-refractivity contribution in [2.75, 3.05) is 0 Å². The molecule has 0 aromatic rings. The van der Waals surface area contributed by atoms with Gasteiger partial charge in [-0.25, -0.2) is 4.79 Å². The van der Waals surface area contributed by atoms with Gasteiger partial charge in [-0.2, -0.15) is 0 Å². The summed E-state index contributed by atoms with van der Waals surface area (Å²) in [6, 6.07) is 0. The normalized spacial score (nSPS) is 7.09. The molecule has 1 N–H and O–H groups in total. The van der Waals surface area contributed by atoms with Crippen LogP contribution < -0.4 is 0 Å². The van der Waals surface area contributed by atoms with Gasteiger partial charge in [-0.05, 0) is 6.92 Å². The second-order valence-electron chi connectivity index (χ2n) is 1.80. The van der Waals surface area contributed by atoms with Crippen LogP contribution in [0, 0.1) is 0 Å². The monoisotopic (exact) mass is 172 g/mol. The number of aliphatic carboxylic acids is 1. The third kappa shape index (κ3) is 17.6. The number of rotatable bonds is 2. The fourth-order valence-electron chi connectivity index (χ4n) is 0. The van der Waals surface area contributed by atoms with Crippen LogP contribution in [0.1, 0.15) is 6.92 Å². The summed E-state index contributed by atoms with van der Waals surface area (Å²) in [5.41, 5.74) is 1.02. The highest BCUT2D eigenvalue weighted by Crippen LogP contribution is 1.91. The van der Waals surface area contributed by atoms with Crippen molar-refractivity contribution in [2.45, 2.75) is 6.92 Å². The average Bonchev–Trinajstić information content (AvgIpc) is 1.89. The van der Waals surface area contributed by atoms with Crippen LogP contribution in [0.25, 0.3) is 0 Å². The highest BCUT2D eigenvalue weighted by molar-refractivity contribution is 7.85. The van der Waals surface area contributed by atoms with Crippen molar-refractivity contribution in [1.29, 1.82) is 0 Å². The van der Waals surface area contributed by atoms with Gasteiger partial charge < -0.3 is 5.11 Å². The fraction of sp³-hybridized carbons (Fsp3) is 0.125. The minimum atomic E-state index is -1.07. The maximum absolute atomic E-state index is 9.52. The summed E-state index contributed by atoms with van der Waals surface area (Å²) in [5.74, 6) is -1.07. The molecule has 2 nitrogen and oxygen atoms in total. The SMILES string of the molecule is C=C(S)C(=O)O.C=CC(=C)C. The molecule has 0 bridgehead atoms. The van der Waals surface area contributed by atoms with E-state index < -0.39 is 5.97 Å². The lowest BCUT2D eigenvalue weighted by molar-refractivity contribution is -0.131. The minimum Gasteiger partial charge on any atom is -0.477 e. The molecule has 0 atom stereocenters. The molecule has 0 aliphatic heterocycles. The van der Waals surface area contributed by atoms with Gasteiger partial charge in [0.1, 0.15) is 0 Å². The lowest BCUT2D eigenvalue weighted by Gasteiger charge is -1.78. The van der Waals surface area contributed by atoms with E-state index in [0.29, 0.717) is 0 Å². The number of hydrogen-bond acceptors (Lipinski definition) is 2. The first kappa shape index (κ1) is 12.7. The van der Waals surface area contributed by atoms with Gasteiger partial charge in [0.15, 0.2) is 0 Å². The number of carboxylic acid groups (broad SMARTS) is 1. The van der Waals surface area contributed by atoms with Crippen molar-refractivity contribution in [2.24, 2.45) is 0 Å². The van der Waals surface area contributed by atoms with E-state index in [4.69, 9.17) is 5.11 Å². The molecule has 3 heteroatoms. The van der Waals surface area contributed by atoms with Crippen molar-refractivity contribution in [3.63, 3.8) is 0 Å². The van der Waals surface area contributed by atoms with Gasteiger partial charge in [0.05, 0.1) is 4.91 Å². The molecule has 0 rings (SSSR count). The quantitative estimate of drug-likeness (QED) is 0.381. The molecule has 62 valence electrons. The molecule has 0 fully saturated rings. The zero-order chi connectivity index (χ0) is 9.44. The first-order chi connectivity index (χ1) is 4.91. The van der Waals surface area contributed by atoms with Crippen molar-refractivity contribution in [3.05, 3.63) is 36.3 Å². The molecule has 0 amide bonds. The largest absolute Gasteiger partial charge is 0.477 e. The molecule has 0 spiro atoms. The van der Waals surface area contributed by atoms with Crippen LogP contribution in [-0.2, 0) is 4.79 Å². The predicted octanol–water partition coefficient (Wildman–Crippen LogP) is 2.26. The summed E-state index contributed by atoms with van der Waals surface area (Å²) < 4.78 is 0. The number of carbonyl (C=O) groups is 1. The van der Waals surface area contributed by atoms with E-state index in [9.17, 15) is 4.79 Å². The molecule has 0 aromatic carbocycles. The maximum Gasteiger partial charge on any atom is 0.341 e. The Bertz CT molecular complexity index is 171. The summed E-state index contributed by atoms with van der Waals surface area (Å²) >= 11 is 3.40. The smallest absolute Gasteiger partial charge is 0.341 e. The van der Waals surface area contributed by atoms with E-state index in [1.54, 1.807) is 6.08 Å². The Morgan fingerprint density at radius 1 is 1.55 bits per heavy atom. The van der Waals surface area contributed by atoms with Crippen molar-refractivity contribution < 1.29 is 9.90 Å². The highest BCUT2D eigenvalue weighted by Gasteiger charge is 1.91. The fourth-order valence-corrected chi connectivity index (χ4v) is 0. The molecule has 0 aliphatic rings. The standard InChI is InChI=1S/C5H8.C3H4O2S/c1-4-5(2)3;1-2(6)3(4)5/h4H,1-2H2,3H3;6H,1H2,(H,4,5). The Balaban J connectivity index is 0. The highest BCUT2D eigenvalue weighted by atomic mass is 32.1. The van der Waals surface area contributed by atoms with Gasteiger partial charge in [-0.1, -0.05) is 31.4 Å². The molecular formula is C8H12O2S. The van der Waals surface area contributed by atoms with Gasteiger partial charge in [0.25, 0.3) is 0 Å². The topological polar surface area (TPSA) is 37.3 Å². The Labute approximate surface area is 72.3 Å². The van der Waals surface area contributed by atoms with Crippen LogP contribution in [0.3, 0.4) is 0 Å². The van der Waals surface area contributed by atoms with Gasteiger partial charge in [-0.3, -0.25) is 0 Å². The molecule has 0 heterocycles. The summed E-state index contributed by atoms with van der Waals surface area (Å²) in [6.07, 6.45) is 1.72. The summed E-state index contributed by atoms with van der Waals surface area (Å²) in [5, 5.41) is 7.81. The van der Waals surface area contributed by atoms with E-state index in [-0.39, 0.29) is 4.91 Å². The lowest BCUT2D eigenvalue weighted by atomic mass is 10.4. The molecule has 0 aromatic heterocycles. The van der Waals surface area contributed by atoms with Crippen LogP contribution in [0.2, 0.25) is 0 Å². The van der Waals surface area contributed by atoms with Gasteiger partial charge >= 0.3 is 5.97 Å². The average molecular weight is 172 g/mol. The van der Waals surface area contributed by atoms with Crippen LogP contribution in [-0.4, -0.2) is 11.1 Å². The Morgan fingerprint density at radius 3 is 1.73 bits per heavy atom. The third-order valence-corrected chi connectivity index (χ3v) is 0.787. The lowest BCUT2D eigenvalue weighted by Crippen LogP contribution is -1.89. The second-order valence-corrected chi connectivity index (χ2v) is 2.34. The Hall–Kier alpha value is -0.960. The number of allylic oxidation sites excluding steroid dienone is 2. The van der Waals surface area contributed by atoms with Gasteiger partial charge in [-0.15, -0.1) is 12.6 Å². The molecule has 0 saturated heterocycles. The van der Waals surface area contributed by atoms with E-state index in [2.05, 4.69) is 32.4 Å². The molecular weight excluding hydrogens is 160 g/mol. The van der Waals surface area contributed by atoms with Crippen molar-refractivity contribution >= 4 is 18.6 Å². The molecule has 0 aliphatic carbocycles. The minimum absolute atomic E-state index is 0.130. The Morgan fingerprint density at radius 2 is 1.73 bits per heavy atom. The second kappa shape index (κ2) is 7.15. The van der Waals surface area contributed by atoms with Crippen LogP contribution in [0.4, 0.5) is 0 Å². The summed E-state index contributed by atoms with van der Waals surface area (Å²) in [7, 11) is 0. The van der Waals surface area contributed by atoms with E-state index >= 15 is 0 Å². The number of thiol groups is 1. The number of carboxylic acids is 1. The van der Waals surface area contributed by atoms with E-state index in [1.165, 1.54) is 0 Å². The van der Waals surface area contributed by atoms with Gasteiger partial charge in [0, 0.05) is 0 Å². The third-order valence-electron chi connectivity index (χ3n) is 0.595. The zero-order valence-electron chi connectivity index (χ0n) is 6.50. The summed E-state index contributed by atoms with van der Waals surface area (Å²) in [4.78, 5) is 9.39. The van der Waals surface area contributed by atoms with Crippen molar-refractivity contribution in [3.8, 4) is 0 Å². The van der Waals surface area contributed by atoms with E-state index in [1.807, 2.05) is 6.92 Å². The van der Waals surface area contributed by atoms with Crippen LogP contribution in [0.15, 0.2) is 36.3 Å². The Kier molecular flexibility index (Phi) is 8.25. The number of hydrogen-bond donors (Lipinski definition) is 2. The first-order valence-electron chi connectivity index (χ1n) is 2.81. The van der Waals surface area contributed by atoms with Crippen LogP contribution in [0.5, 0.6) is 0 Å². The maximum atomic E-state index is 9.52. The first-order valence-corrected chi connectivity index (χ1v) is 3.25. The molecule has 11 heavy (non-hydrogen) atoms.